The van der Waals surface area contributed by atoms with Crippen molar-refractivity contribution in [3.8, 4) is 0 Å². The largest absolute Gasteiger partial charge is 0.311 e. The molecular formula is C13H25N. The lowest BCUT2D eigenvalue weighted by Crippen LogP contribution is -2.30. The zero-order valence-electron chi connectivity index (χ0n) is 9.81. The van der Waals surface area contributed by atoms with Crippen molar-refractivity contribution in [2.75, 3.05) is 6.54 Å². The molecule has 82 valence electrons. The second kappa shape index (κ2) is 6.23. The van der Waals surface area contributed by atoms with Crippen LogP contribution in [0.4, 0.5) is 0 Å². The maximum absolute atomic E-state index is 3.91. The van der Waals surface area contributed by atoms with Gasteiger partial charge in [0.1, 0.15) is 0 Å². The minimum absolute atomic E-state index is 0.662. The molecule has 0 bridgehead atoms. The lowest BCUT2D eigenvalue weighted by Gasteiger charge is -2.25. The summed E-state index contributed by atoms with van der Waals surface area (Å²) in [5, 5.41) is 3.53. The van der Waals surface area contributed by atoms with Crippen molar-refractivity contribution >= 4 is 0 Å². The first-order valence-corrected chi connectivity index (χ1v) is 6.06. The van der Waals surface area contributed by atoms with Crippen LogP contribution in [0.5, 0.6) is 0 Å². The molecule has 0 radical (unpaired) electrons. The third-order valence-electron chi connectivity index (χ3n) is 3.16. The minimum Gasteiger partial charge on any atom is -0.311 e. The molecule has 0 aromatic carbocycles. The molecule has 1 heteroatoms. The van der Waals surface area contributed by atoms with Crippen LogP contribution in [-0.4, -0.2) is 12.6 Å². The molecule has 1 saturated carbocycles. The van der Waals surface area contributed by atoms with Gasteiger partial charge in [-0.25, -0.2) is 0 Å². The molecule has 0 aromatic heterocycles. The van der Waals surface area contributed by atoms with Gasteiger partial charge in [-0.15, -0.1) is 0 Å². The molecule has 14 heavy (non-hydrogen) atoms. The van der Waals surface area contributed by atoms with Gasteiger partial charge in [0.25, 0.3) is 0 Å². The molecule has 1 fully saturated rings. The van der Waals surface area contributed by atoms with Gasteiger partial charge in [0.2, 0.25) is 0 Å². The highest BCUT2D eigenvalue weighted by atomic mass is 14.9. The fourth-order valence-corrected chi connectivity index (χ4v) is 2.35. The molecule has 0 spiro atoms. The molecular weight excluding hydrogens is 170 g/mol. The third kappa shape index (κ3) is 4.80. The summed E-state index contributed by atoms with van der Waals surface area (Å²) in [4.78, 5) is 0. The van der Waals surface area contributed by atoms with E-state index in [2.05, 4.69) is 25.7 Å². The van der Waals surface area contributed by atoms with Crippen molar-refractivity contribution in [2.45, 2.75) is 58.4 Å². The van der Waals surface area contributed by atoms with Gasteiger partial charge in [-0.3, -0.25) is 0 Å². The molecule has 0 aliphatic heterocycles. The third-order valence-corrected chi connectivity index (χ3v) is 3.16. The van der Waals surface area contributed by atoms with Crippen LogP contribution in [0, 0.1) is 5.92 Å². The Hall–Kier alpha value is -0.300. The van der Waals surface area contributed by atoms with E-state index in [1.165, 1.54) is 44.1 Å². The van der Waals surface area contributed by atoms with E-state index in [1.54, 1.807) is 0 Å². The van der Waals surface area contributed by atoms with Crippen molar-refractivity contribution < 1.29 is 0 Å². The normalized spacial score (nSPS) is 20.7. The zero-order chi connectivity index (χ0) is 10.4. The minimum atomic E-state index is 0.662. The van der Waals surface area contributed by atoms with Crippen molar-refractivity contribution in [1.82, 2.24) is 5.32 Å². The first-order chi connectivity index (χ1) is 6.68. The van der Waals surface area contributed by atoms with E-state index in [-0.39, 0.29) is 0 Å². The molecule has 1 N–H and O–H groups in total. The predicted molar refractivity (Wildman–Crippen MR) is 63.5 cm³/mol. The Balaban J connectivity index is 2.11. The summed E-state index contributed by atoms with van der Waals surface area (Å²) in [6.45, 7) is 9.28. The van der Waals surface area contributed by atoms with Gasteiger partial charge in [-0.2, -0.15) is 0 Å². The van der Waals surface area contributed by atoms with Crippen molar-refractivity contribution in [3.63, 3.8) is 0 Å². The monoisotopic (exact) mass is 195 g/mol. The average Bonchev–Trinajstić information content (AvgIpc) is 2.16. The number of rotatable bonds is 5. The molecule has 0 saturated heterocycles. The van der Waals surface area contributed by atoms with E-state index >= 15 is 0 Å². The van der Waals surface area contributed by atoms with Crippen LogP contribution in [0.15, 0.2) is 12.2 Å². The number of nitrogens with one attached hydrogen (secondary N) is 1. The molecule has 1 aliphatic rings. The lowest BCUT2D eigenvalue weighted by molar-refractivity contribution is 0.308. The lowest BCUT2D eigenvalue weighted by atomic mass is 9.85. The van der Waals surface area contributed by atoms with Crippen molar-refractivity contribution in [2.24, 2.45) is 5.92 Å². The molecule has 1 aliphatic carbocycles. The quantitative estimate of drug-likeness (QED) is 0.662. The Morgan fingerprint density at radius 2 is 2.00 bits per heavy atom. The Kier molecular flexibility index (Phi) is 5.24. The zero-order valence-corrected chi connectivity index (χ0v) is 9.81. The summed E-state index contributed by atoms with van der Waals surface area (Å²) in [5.41, 5.74) is 1.24. The topological polar surface area (TPSA) is 12.0 Å². The van der Waals surface area contributed by atoms with Gasteiger partial charge >= 0.3 is 0 Å². The van der Waals surface area contributed by atoms with Crippen LogP contribution in [-0.2, 0) is 0 Å². The summed E-state index contributed by atoms with van der Waals surface area (Å²) in [5.74, 6) is 0.983. The van der Waals surface area contributed by atoms with Crippen molar-refractivity contribution in [1.29, 1.82) is 0 Å². The van der Waals surface area contributed by atoms with Gasteiger partial charge in [-0.1, -0.05) is 44.3 Å². The first kappa shape index (κ1) is 11.8. The molecule has 1 unspecified atom stereocenters. The molecule has 1 nitrogen and oxygen atoms in total. The van der Waals surface area contributed by atoms with Gasteiger partial charge in [-0.05, 0) is 26.2 Å². The van der Waals surface area contributed by atoms with Crippen molar-refractivity contribution in [3.05, 3.63) is 12.2 Å². The van der Waals surface area contributed by atoms with E-state index in [0.29, 0.717) is 6.04 Å². The Bertz CT molecular complexity index is 168. The summed E-state index contributed by atoms with van der Waals surface area (Å²) < 4.78 is 0. The van der Waals surface area contributed by atoms with E-state index in [4.69, 9.17) is 0 Å². The Morgan fingerprint density at radius 3 is 2.57 bits per heavy atom. The number of hydrogen-bond acceptors (Lipinski definition) is 1. The van der Waals surface area contributed by atoms with Gasteiger partial charge in [0.15, 0.2) is 0 Å². The summed E-state index contributed by atoms with van der Waals surface area (Å²) >= 11 is 0. The first-order valence-electron chi connectivity index (χ1n) is 6.06. The van der Waals surface area contributed by atoms with E-state index in [0.717, 1.165) is 12.5 Å². The maximum atomic E-state index is 3.91. The van der Waals surface area contributed by atoms with E-state index in [1.807, 2.05) is 0 Å². The van der Waals surface area contributed by atoms with Crippen LogP contribution in [0.2, 0.25) is 0 Å². The smallest absolute Gasteiger partial charge is 0.0161 e. The fraction of sp³-hybridized carbons (Fsp3) is 0.846. The standard InChI is InChI=1S/C13H25N/c1-11(2)10-14-12(3)9-13-7-5-4-6-8-13/h12-14H,1,4-10H2,2-3H3. The average molecular weight is 195 g/mol. The van der Waals surface area contributed by atoms with Crippen LogP contribution < -0.4 is 5.32 Å². The molecule has 0 aromatic rings. The van der Waals surface area contributed by atoms with Gasteiger partial charge in [0, 0.05) is 12.6 Å². The SMILES string of the molecule is C=C(C)CNC(C)CC1CCCCC1. The molecule has 1 rings (SSSR count). The van der Waals surface area contributed by atoms with E-state index in [9.17, 15) is 0 Å². The number of hydrogen-bond donors (Lipinski definition) is 1. The van der Waals surface area contributed by atoms with Gasteiger partial charge in [0.05, 0.1) is 0 Å². The molecule has 0 heterocycles. The fourth-order valence-electron chi connectivity index (χ4n) is 2.35. The van der Waals surface area contributed by atoms with Gasteiger partial charge < -0.3 is 5.32 Å². The highest BCUT2D eigenvalue weighted by Crippen LogP contribution is 2.27. The second-order valence-electron chi connectivity index (χ2n) is 4.98. The van der Waals surface area contributed by atoms with E-state index < -0.39 is 0 Å². The predicted octanol–water partition coefficient (Wildman–Crippen LogP) is 3.51. The summed E-state index contributed by atoms with van der Waals surface area (Å²) in [7, 11) is 0. The Morgan fingerprint density at radius 1 is 1.36 bits per heavy atom. The highest BCUT2D eigenvalue weighted by molar-refractivity contribution is 4.91. The molecule has 1 atom stereocenters. The van der Waals surface area contributed by atoms with Crippen LogP contribution in [0.1, 0.15) is 52.4 Å². The molecule has 0 amide bonds. The van der Waals surface area contributed by atoms with Crippen LogP contribution >= 0.6 is 0 Å². The summed E-state index contributed by atoms with van der Waals surface area (Å²) in [6.07, 6.45) is 8.64. The maximum Gasteiger partial charge on any atom is 0.0161 e. The van der Waals surface area contributed by atoms with Crippen LogP contribution in [0.3, 0.4) is 0 Å². The van der Waals surface area contributed by atoms with Crippen LogP contribution in [0.25, 0.3) is 0 Å². The second-order valence-corrected chi connectivity index (χ2v) is 4.98. The Labute approximate surface area is 89.0 Å². The highest BCUT2D eigenvalue weighted by Gasteiger charge is 2.15. The summed E-state index contributed by atoms with van der Waals surface area (Å²) in [6, 6.07) is 0.662.